The Kier molecular flexibility index (Phi) is 4.94. The van der Waals surface area contributed by atoms with Gasteiger partial charge < -0.3 is 9.88 Å². The number of nitrogens with zero attached hydrogens (tertiary/aromatic N) is 5. The number of aromatic amines is 1. The summed E-state index contributed by atoms with van der Waals surface area (Å²) in [7, 11) is 3.81. The molecule has 0 atom stereocenters. The van der Waals surface area contributed by atoms with E-state index < -0.39 is 0 Å². The molecule has 2 heterocycles. The molecule has 1 aliphatic rings. The molecule has 24 heavy (non-hydrogen) atoms. The number of carbonyl (C=O) groups excluding carboxylic acids is 1. The minimum Gasteiger partial charge on any atom is -0.317 e. The Morgan fingerprint density at radius 1 is 1.42 bits per heavy atom. The third-order valence-corrected chi connectivity index (χ3v) is 4.67. The number of anilines is 1. The maximum absolute atomic E-state index is 12.2. The van der Waals surface area contributed by atoms with Crippen molar-refractivity contribution in [3.8, 4) is 0 Å². The van der Waals surface area contributed by atoms with Crippen LogP contribution in [0, 0.1) is 6.92 Å². The summed E-state index contributed by atoms with van der Waals surface area (Å²) in [6.45, 7) is 2.75. The van der Waals surface area contributed by atoms with Crippen LogP contribution in [0.5, 0.6) is 0 Å². The van der Waals surface area contributed by atoms with Gasteiger partial charge in [-0.1, -0.05) is 12.8 Å². The Bertz CT molecular complexity index is 699. The maximum Gasteiger partial charge on any atom is 0.239 e. The number of likely N-dealkylation sites (N-methyl/N-ethyl adjacent to an activating group) is 1. The van der Waals surface area contributed by atoms with Gasteiger partial charge in [0.05, 0.1) is 13.1 Å². The Labute approximate surface area is 141 Å². The highest BCUT2D eigenvalue weighted by atomic mass is 16.2. The van der Waals surface area contributed by atoms with E-state index in [0.29, 0.717) is 18.3 Å². The Hall–Kier alpha value is -2.22. The predicted octanol–water partition coefficient (Wildman–Crippen LogP) is 1.57. The van der Waals surface area contributed by atoms with Crippen molar-refractivity contribution in [1.29, 1.82) is 0 Å². The van der Waals surface area contributed by atoms with Crippen LogP contribution in [0.3, 0.4) is 0 Å². The van der Waals surface area contributed by atoms with Gasteiger partial charge in [-0.05, 0) is 26.8 Å². The highest BCUT2D eigenvalue weighted by Crippen LogP contribution is 2.33. The highest BCUT2D eigenvalue weighted by Gasteiger charge is 2.20. The van der Waals surface area contributed by atoms with Crippen molar-refractivity contribution < 1.29 is 4.79 Å². The van der Waals surface area contributed by atoms with Crippen molar-refractivity contribution in [1.82, 2.24) is 29.9 Å². The smallest absolute Gasteiger partial charge is 0.239 e. The van der Waals surface area contributed by atoms with Gasteiger partial charge in [0.1, 0.15) is 11.6 Å². The zero-order valence-electron chi connectivity index (χ0n) is 14.5. The first-order valence-electron chi connectivity index (χ1n) is 8.41. The van der Waals surface area contributed by atoms with Gasteiger partial charge in [0, 0.05) is 24.7 Å². The SMILES string of the molecule is Cc1nnc(CN(C)CC(=O)Nc2cc(C3CCCC3)[nH]n2)n1C. The van der Waals surface area contributed by atoms with E-state index in [4.69, 9.17) is 0 Å². The van der Waals surface area contributed by atoms with Gasteiger partial charge in [-0.25, -0.2) is 0 Å². The summed E-state index contributed by atoms with van der Waals surface area (Å²) in [6, 6.07) is 1.96. The second-order valence-corrected chi connectivity index (χ2v) is 6.63. The summed E-state index contributed by atoms with van der Waals surface area (Å²) in [5, 5.41) is 18.3. The molecule has 0 spiro atoms. The first-order chi connectivity index (χ1) is 11.5. The lowest BCUT2D eigenvalue weighted by Crippen LogP contribution is -2.30. The molecule has 8 heteroatoms. The molecule has 3 rings (SSSR count). The van der Waals surface area contributed by atoms with E-state index in [9.17, 15) is 4.79 Å². The van der Waals surface area contributed by atoms with E-state index in [-0.39, 0.29) is 12.5 Å². The van der Waals surface area contributed by atoms with Crippen LogP contribution >= 0.6 is 0 Å². The number of nitrogens with one attached hydrogen (secondary N) is 2. The van der Waals surface area contributed by atoms with Gasteiger partial charge in [-0.15, -0.1) is 10.2 Å². The molecule has 0 unspecified atom stereocenters. The van der Waals surface area contributed by atoms with Crippen molar-refractivity contribution in [2.45, 2.75) is 45.1 Å². The Morgan fingerprint density at radius 3 is 2.83 bits per heavy atom. The standard InChI is InChI=1S/C16H25N7O/c1-11-18-21-15(23(11)3)9-22(2)10-16(24)17-14-8-13(19-20-14)12-6-4-5-7-12/h8,12H,4-7,9-10H2,1-3H3,(H2,17,19,20,24). The minimum absolute atomic E-state index is 0.0825. The Balaban J connectivity index is 1.50. The van der Waals surface area contributed by atoms with Crippen LogP contribution in [0.25, 0.3) is 0 Å². The molecule has 1 fully saturated rings. The summed E-state index contributed by atoms with van der Waals surface area (Å²) in [6.07, 6.45) is 4.96. The van der Waals surface area contributed by atoms with E-state index in [1.807, 2.05) is 36.6 Å². The van der Waals surface area contributed by atoms with Crippen LogP contribution in [0.2, 0.25) is 0 Å². The van der Waals surface area contributed by atoms with Crippen LogP contribution in [0.4, 0.5) is 5.82 Å². The lowest BCUT2D eigenvalue weighted by atomic mass is 10.0. The molecule has 0 bridgehead atoms. The first-order valence-corrected chi connectivity index (χ1v) is 8.41. The molecular formula is C16H25N7O. The summed E-state index contributed by atoms with van der Waals surface area (Å²) >= 11 is 0. The van der Waals surface area contributed by atoms with Gasteiger partial charge >= 0.3 is 0 Å². The molecule has 2 N–H and O–H groups in total. The average Bonchev–Trinajstić information content (AvgIpc) is 3.25. The quantitative estimate of drug-likeness (QED) is 0.838. The number of hydrogen-bond acceptors (Lipinski definition) is 5. The molecule has 0 aromatic carbocycles. The maximum atomic E-state index is 12.2. The lowest BCUT2D eigenvalue weighted by molar-refractivity contribution is -0.117. The van der Waals surface area contributed by atoms with Crippen molar-refractivity contribution in [3.63, 3.8) is 0 Å². The summed E-state index contributed by atoms with van der Waals surface area (Å²) in [5.74, 6) is 2.78. The lowest BCUT2D eigenvalue weighted by Gasteiger charge is -2.15. The van der Waals surface area contributed by atoms with E-state index in [0.717, 1.165) is 17.3 Å². The van der Waals surface area contributed by atoms with E-state index in [2.05, 4.69) is 25.7 Å². The van der Waals surface area contributed by atoms with Crippen LogP contribution in [-0.2, 0) is 18.4 Å². The molecule has 1 aliphatic carbocycles. The third-order valence-electron chi connectivity index (χ3n) is 4.67. The second-order valence-electron chi connectivity index (χ2n) is 6.63. The number of rotatable bonds is 6. The fourth-order valence-corrected chi connectivity index (χ4v) is 3.16. The van der Waals surface area contributed by atoms with E-state index in [1.54, 1.807) is 0 Å². The third kappa shape index (κ3) is 3.81. The Morgan fingerprint density at radius 2 is 2.17 bits per heavy atom. The molecule has 0 saturated heterocycles. The molecule has 2 aromatic rings. The van der Waals surface area contributed by atoms with Crippen LogP contribution in [0.15, 0.2) is 6.07 Å². The number of H-pyrrole nitrogens is 1. The number of hydrogen-bond donors (Lipinski definition) is 2. The van der Waals surface area contributed by atoms with Crippen LogP contribution in [-0.4, -0.2) is 49.4 Å². The minimum atomic E-state index is -0.0825. The van der Waals surface area contributed by atoms with E-state index in [1.165, 1.54) is 25.7 Å². The van der Waals surface area contributed by atoms with Gasteiger partial charge in [0.2, 0.25) is 5.91 Å². The number of amides is 1. The number of carbonyl (C=O) groups is 1. The molecule has 0 radical (unpaired) electrons. The van der Waals surface area contributed by atoms with Gasteiger partial charge in [0.15, 0.2) is 5.82 Å². The molecule has 130 valence electrons. The fourth-order valence-electron chi connectivity index (χ4n) is 3.16. The van der Waals surface area contributed by atoms with Crippen molar-refractivity contribution in [2.75, 3.05) is 18.9 Å². The molecule has 0 aliphatic heterocycles. The normalized spacial score (nSPS) is 15.3. The van der Waals surface area contributed by atoms with Crippen molar-refractivity contribution >= 4 is 11.7 Å². The first kappa shape index (κ1) is 16.6. The van der Waals surface area contributed by atoms with Gasteiger partial charge in [0.25, 0.3) is 0 Å². The average molecular weight is 331 g/mol. The monoisotopic (exact) mass is 331 g/mol. The zero-order chi connectivity index (χ0) is 17.1. The van der Waals surface area contributed by atoms with E-state index >= 15 is 0 Å². The fraction of sp³-hybridized carbons (Fsp3) is 0.625. The number of aromatic nitrogens is 5. The number of aryl methyl sites for hydroxylation is 1. The largest absolute Gasteiger partial charge is 0.317 e. The van der Waals surface area contributed by atoms with Crippen molar-refractivity contribution in [2.24, 2.45) is 7.05 Å². The van der Waals surface area contributed by atoms with Crippen molar-refractivity contribution in [3.05, 3.63) is 23.4 Å². The molecule has 8 nitrogen and oxygen atoms in total. The molecular weight excluding hydrogens is 306 g/mol. The molecule has 1 saturated carbocycles. The van der Waals surface area contributed by atoms with Crippen LogP contribution in [0.1, 0.15) is 48.9 Å². The topological polar surface area (TPSA) is 91.7 Å². The summed E-state index contributed by atoms with van der Waals surface area (Å²) in [5.41, 5.74) is 1.13. The second kappa shape index (κ2) is 7.12. The van der Waals surface area contributed by atoms with Crippen LogP contribution < -0.4 is 5.32 Å². The van der Waals surface area contributed by atoms with Gasteiger partial charge in [-0.3, -0.25) is 14.8 Å². The zero-order valence-corrected chi connectivity index (χ0v) is 14.5. The van der Waals surface area contributed by atoms with Gasteiger partial charge in [-0.2, -0.15) is 5.10 Å². The summed E-state index contributed by atoms with van der Waals surface area (Å²) < 4.78 is 1.93. The highest BCUT2D eigenvalue weighted by molar-refractivity contribution is 5.91. The summed E-state index contributed by atoms with van der Waals surface area (Å²) in [4.78, 5) is 14.1. The molecule has 2 aromatic heterocycles. The predicted molar refractivity (Wildman–Crippen MR) is 90.5 cm³/mol. The molecule has 1 amide bonds.